The van der Waals surface area contributed by atoms with Crippen LogP contribution in [0.4, 0.5) is 0 Å². The molecule has 4 aromatic rings. The molecule has 0 radical (unpaired) electrons. The van der Waals surface area contributed by atoms with E-state index in [4.69, 9.17) is 11.6 Å². The molecule has 0 fully saturated rings. The highest BCUT2D eigenvalue weighted by Crippen LogP contribution is 2.27. The number of imidazole rings is 1. The first-order valence-corrected chi connectivity index (χ1v) is 5.72. The molecule has 0 bridgehead atoms. The molecule has 0 unspecified atom stereocenters. The third-order valence-corrected chi connectivity index (χ3v) is 3.15. The molecule has 0 aliphatic rings. The van der Waals surface area contributed by atoms with Gasteiger partial charge in [-0.1, -0.05) is 11.6 Å². The highest BCUT2D eigenvalue weighted by molar-refractivity contribution is 6.32. The summed E-state index contributed by atoms with van der Waals surface area (Å²) in [6.45, 7) is 0. The first-order chi connectivity index (χ1) is 8.83. The Hall–Kier alpha value is -2.34. The summed E-state index contributed by atoms with van der Waals surface area (Å²) in [6, 6.07) is 1.95. The fraction of sp³-hybridized carbons (Fsp3) is 0. The van der Waals surface area contributed by atoms with Crippen molar-refractivity contribution < 1.29 is 0 Å². The Morgan fingerprint density at radius 1 is 1.22 bits per heavy atom. The van der Waals surface area contributed by atoms with Gasteiger partial charge >= 0.3 is 0 Å². The summed E-state index contributed by atoms with van der Waals surface area (Å²) in [5.41, 5.74) is 3.22. The third-order valence-electron chi connectivity index (χ3n) is 2.86. The molecule has 0 aromatic carbocycles. The Labute approximate surface area is 105 Å². The number of nitrogens with zero attached hydrogens (tertiary/aromatic N) is 3. The summed E-state index contributed by atoms with van der Waals surface area (Å²) in [4.78, 5) is 15.1. The van der Waals surface area contributed by atoms with Gasteiger partial charge in [-0.3, -0.25) is 5.10 Å². The van der Waals surface area contributed by atoms with E-state index in [2.05, 4.69) is 30.1 Å². The number of halogens is 1. The first-order valence-electron chi connectivity index (χ1n) is 5.34. The molecular formula is C11H7ClN6. The van der Waals surface area contributed by atoms with E-state index < -0.39 is 0 Å². The van der Waals surface area contributed by atoms with E-state index in [1.54, 1.807) is 12.4 Å². The molecule has 3 N–H and O–H groups in total. The van der Waals surface area contributed by atoms with Gasteiger partial charge in [0, 0.05) is 11.6 Å². The number of hydrogen-bond acceptors (Lipinski definition) is 3. The molecule has 0 saturated heterocycles. The Balaban J connectivity index is 2.07. The molecule has 0 saturated carbocycles. The monoisotopic (exact) mass is 258 g/mol. The number of aromatic amines is 3. The minimum absolute atomic E-state index is 0.535. The van der Waals surface area contributed by atoms with Gasteiger partial charge in [-0.05, 0) is 6.07 Å². The number of rotatable bonds is 1. The molecule has 88 valence electrons. The van der Waals surface area contributed by atoms with E-state index >= 15 is 0 Å². The first kappa shape index (κ1) is 9.67. The predicted molar refractivity (Wildman–Crippen MR) is 68.3 cm³/mol. The van der Waals surface area contributed by atoms with Gasteiger partial charge in [-0.2, -0.15) is 5.10 Å². The topological polar surface area (TPSA) is 86.0 Å². The zero-order valence-corrected chi connectivity index (χ0v) is 9.78. The molecule has 4 aromatic heterocycles. The smallest absolute Gasteiger partial charge is 0.158 e. The van der Waals surface area contributed by atoms with E-state index in [9.17, 15) is 0 Å². The second-order valence-electron chi connectivity index (χ2n) is 3.94. The lowest BCUT2D eigenvalue weighted by Crippen LogP contribution is -1.80. The molecule has 0 spiro atoms. The summed E-state index contributed by atoms with van der Waals surface area (Å²) in [7, 11) is 0. The SMILES string of the molecule is Clc1cn[nH]c1-c1nc2c(cnc3[nH]ccc32)[nH]1. The van der Waals surface area contributed by atoms with Crippen molar-refractivity contribution in [3.63, 3.8) is 0 Å². The average molecular weight is 259 g/mol. The maximum absolute atomic E-state index is 6.02. The normalized spacial score (nSPS) is 11.6. The van der Waals surface area contributed by atoms with Gasteiger partial charge in [0.15, 0.2) is 5.82 Å². The van der Waals surface area contributed by atoms with Crippen LogP contribution in [0.25, 0.3) is 33.6 Å². The van der Waals surface area contributed by atoms with Crippen LogP contribution < -0.4 is 0 Å². The summed E-state index contributed by atoms with van der Waals surface area (Å²) < 4.78 is 0. The van der Waals surface area contributed by atoms with Gasteiger partial charge < -0.3 is 9.97 Å². The number of aromatic nitrogens is 6. The highest BCUT2D eigenvalue weighted by Gasteiger charge is 2.13. The summed E-state index contributed by atoms with van der Waals surface area (Å²) in [6.07, 6.45) is 5.14. The van der Waals surface area contributed by atoms with Crippen LogP contribution in [0.5, 0.6) is 0 Å². The van der Waals surface area contributed by atoms with Crippen molar-refractivity contribution in [1.82, 2.24) is 30.1 Å². The summed E-state index contributed by atoms with van der Waals surface area (Å²) in [5.74, 6) is 0.656. The molecule has 4 rings (SSSR count). The van der Waals surface area contributed by atoms with Gasteiger partial charge in [0.1, 0.15) is 16.9 Å². The summed E-state index contributed by atoms with van der Waals surface area (Å²) in [5, 5.41) is 8.21. The second-order valence-corrected chi connectivity index (χ2v) is 4.35. The number of H-pyrrole nitrogens is 3. The Morgan fingerprint density at radius 3 is 3.00 bits per heavy atom. The lowest BCUT2D eigenvalue weighted by atomic mass is 10.3. The third kappa shape index (κ3) is 1.20. The predicted octanol–water partition coefficient (Wildman–Crippen LogP) is 2.48. The van der Waals surface area contributed by atoms with Crippen molar-refractivity contribution in [3.8, 4) is 11.5 Å². The van der Waals surface area contributed by atoms with Gasteiger partial charge in [0.25, 0.3) is 0 Å². The maximum Gasteiger partial charge on any atom is 0.158 e. The highest BCUT2D eigenvalue weighted by atomic mass is 35.5. The number of nitrogens with one attached hydrogen (secondary N) is 3. The Kier molecular flexibility index (Phi) is 1.79. The van der Waals surface area contributed by atoms with Crippen LogP contribution in [0, 0.1) is 0 Å². The minimum Gasteiger partial charge on any atom is -0.346 e. The minimum atomic E-state index is 0.535. The van der Waals surface area contributed by atoms with Gasteiger partial charge in [0.05, 0.1) is 22.9 Å². The standard InChI is InChI=1S/C11H7ClN6/c12-6-3-15-18-9(6)11-16-7-4-14-10-5(1-2-13-10)8(7)17-11/h1-4H,(H,13,14)(H,15,18)(H,16,17). The number of fused-ring (bicyclic) bond motifs is 3. The Morgan fingerprint density at radius 2 is 2.17 bits per heavy atom. The van der Waals surface area contributed by atoms with Crippen LogP contribution in [0.15, 0.2) is 24.7 Å². The fourth-order valence-electron chi connectivity index (χ4n) is 2.03. The lowest BCUT2D eigenvalue weighted by Gasteiger charge is -1.89. The average Bonchev–Trinajstić information content (AvgIpc) is 3.04. The number of pyridine rings is 1. The van der Waals surface area contributed by atoms with Crippen molar-refractivity contribution in [3.05, 3.63) is 29.7 Å². The van der Waals surface area contributed by atoms with E-state index in [0.717, 1.165) is 22.1 Å². The van der Waals surface area contributed by atoms with Crippen LogP contribution in [-0.2, 0) is 0 Å². The van der Waals surface area contributed by atoms with E-state index in [1.807, 2.05) is 12.3 Å². The van der Waals surface area contributed by atoms with Crippen molar-refractivity contribution >= 4 is 33.7 Å². The zero-order chi connectivity index (χ0) is 12.1. The van der Waals surface area contributed by atoms with Crippen LogP contribution >= 0.6 is 11.6 Å². The largest absolute Gasteiger partial charge is 0.346 e. The van der Waals surface area contributed by atoms with E-state index in [1.165, 1.54) is 0 Å². The second kappa shape index (κ2) is 3.33. The maximum atomic E-state index is 6.02. The quantitative estimate of drug-likeness (QED) is 0.490. The van der Waals surface area contributed by atoms with E-state index in [0.29, 0.717) is 16.5 Å². The molecule has 6 nitrogen and oxygen atoms in total. The van der Waals surface area contributed by atoms with Crippen molar-refractivity contribution in [2.75, 3.05) is 0 Å². The Bertz CT molecular complexity index is 855. The van der Waals surface area contributed by atoms with Crippen LogP contribution in [0.3, 0.4) is 0 Å². The molecule has 0 atom stereocenters. The molecular weight excluding hydrogens is 252 g/mol. The molecule has 4 heterocycles. The van der Waals surface area contributed by atoms with Crippen LogP contribution in [0.2, 0.25) is 5.02 Å². The fourth-order valence-corrected chi connectivity index (χ4v) is 2.21. The number of hydrogen-bond donors (Lipinski definition) is 3. The molecule has 0 aliphatic heterocycles. The molecule has 0 amide bonds. The van der Waals surface area contributed by atoms with Gasteiger partial charge in [0.2, 0.25) is 0 Å². The van der Waals surface area contributed by atoms with Crippen molar-refractivity contribution in [2.24, 2.45) is 0 Å². The van der Waals surface area contributed by atoms with Gasteiger partial charge in [-0.25, -0.2) is 9.97 Å². The molecule has 18 heavy (non-hydrogen) atoms. The lowest BCUT2D eigenvalue weighted by molar-refractivity contribution is 1.08. The summed E-state index contributed by atoms with van der Waals surface area (Å²) >= 11 is 6.02. The zero-order valence-electron chi connectivity index (χ0n) is 9.03. The van der Waals surface area contributed by atoms with Gasteiger partial charge in [-0.15, -0.1) is 0 Å². The van der Waals surface area contributed by atoms with Crippen LogP contribution in [-0.4, -0.2) is 30.1 Å². The van der Waals surface area contributed by atoms with Crippen LogP contribution in [0.1, 0.15) is 0 Å². The van der Waals surface area contributed by atoms with E-state index in [-0.39, 0.29) is 0 Å². The van der Waals surface area contributed by atoms with Crippen molar-refractivity contribution in [1.29, 1.82) is 0 Å². The molecule has 0 aliphatic carbocycles. The molecule has 7 heteroatoms. The van der Waals surface area contributed by atoms with Crippen molar-refractivity contribution in [2.45, 2.75) is 0 Å².